The van der Waals surface area contributed by atoms with Crippen LogP contribution < -0.4 is 14.8 Å². The maximum Gasteiger partial charge on any atom is 0.251 e. The molecule has 0 radical (unpaired) electrons. The van der Waals surface area contributed by atoms with Crippen molar-refractivity contribution >= 4 is 11.8 Å². The summed E-state index contributed by atoms with van der Waals surface area (Å²) in [4.78, 5) is 26.1. The largest absolute Gasteiger partial charge is 0.493 e. The molecule has 0 aliphatic carbocycles. The van der Waals surface area contributed by atoms with Crippen molar-refractivity contribution in [2.24, 2.45) is 0 Å². The maximum absolute atomic E-state index is 13.2. The first-order chi connectivity index (χ1) is 13.0. The zero-order chi connectivity index (χ0) is 19.8. The molecule has 0 saturated carbocycles. The monoisotopic (exact) mass is 374 g/mol. The second kappa shape index (κ2) is 9.56. The van der Waals surface area contributed by atoms with E-state index in [0.717, 1.165) is 11.6 Å². The van der Waals surface area contributed by atoms with Crippen LogP contribution in [0.1, 0.15) is 22.8 Å². The number of ether oxygens (including phenoxy) is 2. The van der Waals surface area contributed by atoms with Crippen molar-refractivity contribution in [1.29, 1.82) is 0 Å². The van der Waals surface area contributed by atoms with Gasteiger partial charge in [-0.2, -0.15) is 0 Å². The van der Waals surface area contributed by atoms with Gasteiger partial charge in [0.05, 0.1) is 20.8 Å². The molecular formula is C20H23FN2O4. The summed E-state index contributed by atoms with van der Waals surface area (Å²) in [6.07, 6.45) is 0. The summed E-state index contributed by atoms with van der Waals surface area (Å²) >= 11 is 0. The van der Waals surface area contributed by atoms with Crippen LogP contribution in [0.15, 0.2) is 42.5 Å². The van der Waals surface area contributed by atoms with Gasteiger partial charge < -0.3 is 19.7 Å². The van der Waals surface area contributed by atoms with E-state index in [9.17, 15) is 14.0 Å². The van der Waals surface area contributed by atoms with E-state index in [1.807, 2.05) is 13.0 Å². The molecule has 0 atom stereocenters. The van der Waals surface area contributed by atoms with Crippen molar-refractivity contribution in [2.45, 2.75) is 13.5 Å². The van der Waals surface area contributed by atoms with E-state index < -0.39 is 11.7 Å². The van der Waals surface area contributed by atoms with Crippen molar-refractivity contribution in [2.75, 3.05) is 27.3 Å². The molecule has 7 heteroatoms. The lowest BCUT2D eigenvalue weighted by atomic mass is 10.2. The van der Waals surface area contributed by atoms with Gasteiger partial charge in [0.25, 0.3) is 5.91 Å². The van der Waals surface area contributed by atoms with Gasteiger partial charge >= 0.3 is 0 Å². The lowest BCUT2D eigenvalue weighted by molar-refractivity contribution is -0.130. The lowest BCUT2D eigenvalue weighted by Crippen LogP contribution is -2.39. The van der Waals surface area contributed by atoms with E-state index in [4.69, 9.17) is 9.47 Å². The van der Waals surface area contributed by atoms with Gasteiger partial charge in [0.15, 0.2) is 11.5 Å². The van der Waals surface area contributed by atoms with Crippen LogP contribution in [0.25, 0.3) is 0 Å². The van der Waals surface area contributed by atoms with Crippen LogP contribution in [0.4, 0.5) is 4.39 Å². The Hall–Kier alpha value is -3.09. The third kappa shape index (κ3) is 5.44. The van der Waals surface area contributed by atoms with E-state index in [2.05, 4.69) is 5.32 Å². The molecule has 0 heterocycles. The Morgan fingerprint density at radius 2 is 1.81 bits per heavy atom. The van der Waals surface area contributed by atoms with Gasteiger partial charge in [-0.3, -0.25) is 9.59 Å². The van der Waals surface area contributed by atoms with Crippen molar-refractivity contribution in [3.8, 4) is 11.5 Å². The number of nitrogens with one attached hydrogen (secondary N) is 1. The highest BCUT2D eigenvalue weighted by molar-refractivity contribution is 5.96. The Balaban J connectivity index is 1.98. The summed E-state index contributed by atoms with van der Waals surface area (Å²) in [5.41, 5.74) is 1.05. The number of nitrogens with zero attached hydrogens (tertiary/aromatic N) is 1. The van der Waals surface area contributed by atoms with Crippen LogP contribution in [0, 0.1) is 5.82 Å². The second-order valence-corrected chi connectivity index (χ2v) is 5.79. The fraction of sp³-hybridized carbons (Fsp3) is 0.300. The molecule has 0 aliphatic heterocycles. The Morgan fingerprint density at radius 3 is 2.44 bits per heavy atom. The number of likely N-dealkylation sites (N-methyl/N-ethyl adjacent to an activating group) is 1. The Labute approximate surface area is 157 Å². The number of carbonyl (C=O) groups excluding carboxylic acids is 2. The van der Waals surface area contributed by atoms with E-state index >= 15 is 0 Å². The molecule has 2 amide bonds. The molecule has 1 N–H and O–H groups in total. The number of amides is 2. The molecule has 6 nitrogen and oxygen atoms in total. The van der Waals surface area contributed by atoms with Gasteiger partial charge in [-0.1, -0.05) is 12.1 Å². The quantitative estimate of drug-likeness (QED) is 0.771. The number of methoxy groups -OCH3 is 2. The maximum atomic E-state index is 13.2. The predicted molar refractivity (Wildman–Crippen MR) is 99.4 cm³/mol. The van der Waals surface area contributed by atoms with Crippen LogP contribution in [0.5, 0.6) is 11.5 Å². The second-order valence-electron chi connectivity index (χ2n) is 5.79. The molecule has 0 fully saturated rings. The third-order valence-electron chi connectivity index (χ3n) is 4.04. The third-order valence-corrected chi connectivity index (χ3v) is 4.04. The summed E-state index contributed by atoms with van der Waals surface area (Å²) in [6.45, 7) is 2.53. The van der Waals surface area contributed by atoms with Crippen molar-refractivity contribution in [3.05, 3.63) is 59.4 Å². The molecule has 2 aromatic carbocycles. The number of benzene rings is 2. The van der Waals surface area contributed by atoms with Gasteiger partial charge in [-0.25, -0.2) is 4.39 Å². The first kappa shape index (κ1) is 20.2. The summed E-state index contributed by atoms with van der Waals surface area (Å²) in [5, 5.41) is 2.53. The number of halogens is 1. The number of rotatable bonds is 8. The smallest absolute Gasteiger partial charge is 0.251 e. The van der Waals surface area contributed by atoms with Gasteiger partial charge in [0, 0.05) is 18.7 Å². The van der Waals surface area contributed by atoms with Crippen molar-refractivity contribution in [1.82, 2.24) is 10.2 Å². The highest BCUT2D eigenvalue weighted by Gasteiger charge is 2.15. The average Bonchev–Trinajstić information content (AvgIpc) is 2.69. The van der Waals surface area contributed by atoms with Gasteiger partial charge in [-0.15, -0.1) is 0 Å². The highest BCUT2D eigenvalue weighted by Crippen LogP contribution is 2.28. The normalized spacial score (nSPS) is 10.2. The van der Waals surface area contributed by atoms with Crippen LogP contribution in [0.3, 0.4) is 0 Å². The molecule has 0 bridgehead atoms. The topological polar surface area (TPSA) is 67.9 Å². The van der Waals surface area contributed by atoms with Crippen molar-refractivity contribution < 1.29 is 23.5 Å². The first-order valence-electron chi connectivity index (χ1n) is 8.51. The molecule has 27 heavy (non-hydrogen) atoms. The molecule has 2 aromatic rings. The SMILES string of the molecule is CCN(Cc1ccc(OC)c(OC)c1)C(=O)CNC(=O)c1cccc(F)c1. The zero-order valence-electron chi connectivity index (χ0n) is 15.6. The lowest BCUT2D eigenvalue weighted by Gasteiger charge is -2.22. The van der Waals surface area contributed by atoms with Crippen LogP contribution in [-0.4, -0.2) is 44.0 Å². The van der Waals surface area contributed by atoms with Crippen LogP contribution >= 0.6 is 0 Å². The minimum atomic E-state index is -0.502. The summed E-state index contributed by atoms with van der Waals surface area (Å²) in [7, 11) is 3.10. The molecule has 0 saturated heterocycles. The molecule has 0 unspecified atom stereocenters. The molecule has 0 aliphatic rings. The average molecular weight is 374 g/mol. The Morgan fingerprint density at radius 1 is 1.07 bits per heavy atom. The van der Waals surface area contributed by atoms with E-state index in [-0.39, 0.29) is 18.0 Å². The van der Waals surface area contributed by atoms with Crippen LogP contribution in [-0.2, 0) is 11.3 Å². The zero-order valence-corrected chi connectivity index (χ0v) is 15.6. The van der Waals surface area contributed by atoms with Gasteiger partial charge in [0.1, 0.15) is 5.82 Å². The highest BCUT2D eigenvalue weighted by atomic mass is 19.1. The van der Waals surface area contributed by atoms with E-state index in [1.165, 1.54) is 18.2 Å². The summed E-state index contributed by atoms with van der Waals surface area (Å²) < 4.78 is 23.7. The van der Waals surface area contributed by atoms with E-state index in [1.54, 1.807) is 31.3 Å². The molecular weight excluding hydrogens is 351 g/mol. The minimum Gasteiger partial charge on any atom is -0.493 e. The first-order valence-corrected chi connectivity index (χ1v) is 8.51. The minimum absolute atomic E-state index is 0.170. The molecule has 0 spiro atoms. The number of hydrogen-bond donors (Lipinski definition) is 1. The molecule has 0 aromatic heterocycles. The fourth-order valence-electron chi connectivity index (χ4n) is 2.58. The van der Waals surface area contributed by atoms with Gasteiger partial charge in [-0.05, 0) is 42.8 Å². The number of hydrogen-bond acceptors (Lipinski definition) is 4. The number of carbonyl (C=O) groups is 2. The van der Waals surface area contributed by atoms with E-state index in [0.29, 0.717) is 24.6 Å². The predicted octanol–water partition coefficient (Wildman–Crippen LogP) is 2.62. The summed E-state index contributed by atoms with van der Waals surface area (Å²) in [6, 6.07) is 10.7. The molecule has 2 rings (SSSR count). The van der Waals surface area contributed by atoms with Crippen molar-refractivity contribution in [3.63, 3.8) is 0 Å². The fourth-order valence-corrected chi connectivity index (χ4v) is 2.58. The summed E-state index contributed by atoms with van der Waals surface area (Å²) in [5.74, 6) is -0.0458. The molecule has 144 valence electrons. The van der Waals surface area contributed by atoms with Crippen LogP contribution in [0.2, 0.25) is 0 Å². The Kier molecular flexibility index (Phi) is 7.16. The standard InChI is InChI=1S/C20H23FN2O4/c1-4-23(13-14-8-9-17(26-2)18(10-14)27-3)19(24)12-22-20(25)15-6-5-7-16(21)11-15/h5-11H,4,12-13H2,1-3H3,(H,22,25). The Bertz CT molecular complexity index is 810. The van der Waals surface area contributed by atoms with Gasteiger partial charge in [0.2, 0.25) is 5.91 Å².